The summed E-state index contributed by atoms with van der Waals surface area (Å²) in [6.07, 6.45) is 0. The van der Waals surface area contributed by atoms with Gasteiger partial charge < -0.3 is 10.6 Å². The predicted octanol–water partition coefficient (Wildman–Crippen LogP) is 1.91. The van der Waals surface area contributed by atoms with Gasteiger partial charge in [0.1, 0.15) is 0 Å². The van der Waals surface area contributed by atoms with Gasteiger partial charge in [0, 0.05) is 29.8 Å². The topological polar surface area (TPSA) is 44.4 Å². The number of rotatable bonds is 4. The van der Waals surface area contributed by atoms with Crippen molar-refractivity contribution >= 4 is 35.6 Å². The van der Waals surface area contributed by atoms with E-state index in [2.05, 4.69) is 15.5 Å². The van der Waals surface area contributed by atoms with E-state index in [1.165, 1.54) is 0 Å². The molecule has 1 aliphatic rings. The van der Waals surface area contributed by atoms with E-state index in [0.717, 1.165) is 24.3 Å². The highest BCUT2D eigenvalue weighted by atomic mass is 35.5. The van der Waals surface area contributed by atoms with Crippen LogP contribution in [0.15, 0.2) is 18.2 Å². The minimum atomic E-state index is 0. The largest absolute Gasteiger partial charge is 0.325 e. The van der Waals surface area contributed by atoms with Crippen LogP contribution in [-0.2, 0) is 4.79 Å². The van der Waals surface area contributed by atoms with E-state index in [1.807, 2.05) is 26.1 Å². The lowest BCUT2D eigenvalue weighted by atomic mass is 10.1. The summed E-state index contributed by atoms with van der Waals surface area (Å²) in [5, 5.41) is 6.79. The molecule has 0 bridgehead atoms. The average Bonchev–Trinajstić information content (AvgIpc) is 2.19. The Bertz CT molecular complexity index is 450. The van der Waals surface area contributed by atoms with Gasteiger partial charge in [-0.25, -0.2) is 0 Å². The summed E-state index contributed by atoms with van der Waals surface area (Å²) < 4.78 is 0. The molecule has 1 heterocycles. The number of amides is 1. The molecular formula is C13H19Cl2N3O. The second-order valence-corrected chi connectivity index (χ2v) is 5.17. The first kappa shape index (κ1) is 16.2. The molecule has 2 rings (SSSR count). The van der Waals surface area contributed by atoms with Crippen molar-refractivity contribution in [3.8, 4) is 0 Å². The van der Waals surface area contributed by atoms with Crippen LogP contribution in [0, 0.1) is 6.92 Å². The Morgan fingerprint density at radius 2 is 2.21 bits per heavy atom. The molecule has 1 saturated heterocycles. The highest BCUT2D eigenvalue weighted by Gasteiger charge is 2.22. The Hall–Kier alpha value is -0.810. The highest BCUT2D eigenvalue weighted by Crippen LogP contribution is 2.19. The number of nitrogens with one attached hydrogen (secondary N) is 2. The van der Waals surface area contributed by atoms with E-state index in [4.69, 9.17) is 11.6 Å². The minimum absolute atomic E-state index is 0. The molecule has 0 aromatic heterocycles. The maximum absolute atomic E-state index is 11.9. The molecule has 106 valence electrons. The van der Waals surface area contributed by atoms with Crippen LogP contribution in [0.4, 0.5) is 5.69 Å². The monoisotopic (exact) mass is 303 g/mol. The van der Waals surface area contributed by atoms with Crippen molar-refractivity contribution in [3.05, 3.63) is 28.8 Å². The number of hydrogen-bond acceptors (Lipinski definition) is 3. The molecule has 6 heteroatoms. The Kier molecular flexibility index (Phi) is 6.07. The fourth-order valence-electron chi connectivity index (χ4n) is 1.90. The molecule has 1 aromatic rings. The Morgan fingerprint density at radius 3 is 2.74 bits per heavy atom. The third kappa shape index (κ3) is 4.35. The molecule has 0 spiro atoms. The molecule has 0 atom stereocenters. The summed E-state index contributed by atoms with van der Waals surface area (Å²) in [4.78, 5) is 14.0. The molecule has 1 amide bonds. The number of hydrogen-bond donors (Lipinski definition) is 2. The highest BCUT2D eigenvalue weighted by molar-refractivity contribution is 6.30. The van der Waals surface area contributed by atoms with E-state index in [1.54, 1.807) is 6.07 Å². The molecular weight excluding hydrogens is 285 g/mol. The molecule has 0 saturated carbocycles. The summed E-state index contributed by atoms with van der Waals surface area (Å²) in [6, 6.07) is 5.93. The van der Waals surface area contributed by atoms with Crippen LogP contribution >= 0.6 is 24.0 Å². The smallest absolute Gasteiger partial charge is 0.238 e. The number of halogens is 2. The van der Waals surface area contributed by atoms with Crippen LogP contribution in [0.5, 0.6) is 0 Å². The van der Waals surface area contributed by atoms with Crippen molar-refractivity contribution in [2.24, 2.45) is 0 Å². The van der Waals surface area contributed by atoms with Crippen LogP contribution in [0.2, 0.25) is 5.02 Å². The first-order chi connectivity index (χ1) is 8.56. The molecule has 0 aliphatic carbocycles. The third-order valence-electron chi connectivity index (χ3n) is 3.24. The van der Waals surface area contributed by atoms with E-state index in [-0.39, 0.29) is 18.3 Å². The lowest BCUT2D eigenvalue weighted by Gasteiger charge is -2.35. The number of anilines is 1. The van der Waals surface area contributed by atoms with Crippen molar-refractivity contribution in [3.63, 3.8) is 0 Å². The lowest BCUT2D eigenvalue weighted by molar-refractivity contribution is -0.117. The molecule has 2 N–H and O–H groups in total. The first-order valence-electron chi connectivity index (χ1n) is 6.03. The summed E-state index contributed by atoms with van der Waals surface area (Å²) in [5.74, 6) is 0.00909. The second-order valence-electron chi connectivity index (χ2n) is 4.73. The van der Waals surface area contributed by atoms with Gasteiger partial charge >= 0.3 is 0 Å². The van der Waals surface area contributed by atoms with Crippen molar-refractivity contribution in [2.75, 3.05) is 32.0 Å². The van der Waals surface area contributed by atoms with Crippen LogP contribution in [-0.4, -0.2) is 43.5 Å². The van der Waals surface area contributed by atoms with Gasteiger partial charge in [-0.2, -0.15) is 0 Å². The standard InChI is InChI=1S/C13H18ClN3O.ClH/c1-9-5-10(14)3-4-12(9)16-13(18)8-17(2)11-6-15-7-11;/h3-5,11,15H,6-8H2,1-2H3,(H,16,18);1H. The van der Waals surface area contributed by atoms with Gasteiger partial charge in [0.2, 0.25) is 5.91 Å². The zero-order valence-corrected chi connectivity index (χ0v) is 12.6. The van der Waals surface area contributed by atoms with Crippen LogP contribution < -0.4 is 10.6 Å². The Morgan fingerprint density at radius 1 is 1.53 bits per heavy atom. The van der Waals surface area contributed by atoms with Crippen molar-refractivity contribution < 1.29 is 4.79 Å². The van der Waals surface area contributed by atoms with Gasteiger partial charge in [0.15, 0.2) is 0 Å². The summed E-state index contributed by atoms with van der Waals surface area (Å²) in [6.45, 7) is 4.27. The van der Waals surface area contributed by atoms with Crippen LogP contribution in [0.3, 0.4) is 0 Å². The fourth-order valence-corrected chi connectivity index (χ4v) is 2.12. The number of aryl methyl sites for hydroxylation is 1. The quantitative estimate of drug-likeness (QED) is 0.893. The fraction of sp³-hybridized carbons (Fsp3) is 0.462. The van der Waals surface area contributed by atoms with Gasteiger partial charge in [0.25, 0.3) is 0 Å². The van der Waals surface area contributed by atoms with Gasteiger partial charge in [-0.3, -0.25) is 9.69 Å². The van der Waals surface area contributed by atoms with Gasteiger partial charge in [-0.1, -0.05) is 11.6 Å². The van der Waals surface area contributed by atoms with Gasteiger partial charge in [-0.05, 0) is 37.7 Å². The average molecular weight is 304 g/mol. The Labute approximate surface area is 124 Å². The summed E-state index contributed by atoms with van der Waals surface area (Å²) in [7, 11) is 1.97. The number of likely N-dealkylation sites (N-methyl/N-ethyl adjacent to an activating group) is 1. The zero-order chi connectivity index (χ0) is 13.1. The first-order valence-corrected chi connectivity index (χ1v) is 6.41. The van der Waals surface area contributed by atoms with E-state index in [9.17, 15) is 4.79 Å². The third-order valence-corrected chi connectivity index (χ3v) is 3.47. The normalized spacial score (nSPS) is 14.7. The predicted molar refractivity (Wildman–Crippen MR) is 81.4 cm³/mol. The van der Waals surface area contributed by atoms with Gasteiger partial charge in [-0.15, -0.1) is 12.4 Å². The summed E-state index contributed by atoms with van der Waals surface area (Å²) in [5.41, 5.74) is 1.80. The van der Waals surface area contributed by atoms with Crippen molar-refractivity contribution in [2.45, 2.75) is 13.0 Å². The maximum Gasteiger partial charge on any atom is 0.238 e. The van der Waals surface area contributed by atoms with Crippen molar-refractivity contribution in [1.29, 1.82) is 0 Å². The maximum atomic E-state index is 11.9. The van der Waals surface area contributed by atoms with Crippen LogP contribution in [0.1, 0.15) is 5.56 Å². The molecule has 1 aliphatic heterocycles. The minimum Gasteiger partial charge on any atom is -0.325 e. The lowest BCUT2D eigenvalue weighted by Crippen LogP contribution is -2.57. The van der Waals surface area contributed by atoms with Crippen molar-refractivity contribution in [1.82, 2.24) is 10.2 Å². The SMILES string of the molecule is Cc1cc(Cl)ccc1NC(=O)CN(C)C1CNC1.Cl. The van der Waals surface area contributed by atoms with E-state index in [0.29, 0.717) is 17.6 Å². The number of benzene rings is 1. The molecule has 4 nitrogen and oxygen atoms in total. The number of carbonyl (C=O) groups is 1. The number of carbonyl (C=O) groups excluding carboxylic acids is 1. The molecule has 0 radical (unpaired) electrons. The molecule has 1 aromatic carbocycles. The van der Waals surface area contributed by atoms with Gasteiger partial charge in [0.05, 0.1) is 6.54 Å². The Balaban J connectivity index is 0.00000180. The number of nitrogens with zero attached hydrogens (tertiary/aromatic N) is 1. The van der Waals surface area contributed by atoms with E-state index < -0.39 is 0 Å². The molecule has 1 fully saturated rings. The van der Waals surface area contributed by atoms with Crippen LogP contribution in [0.25, 0.3) is 0 Å². The molecule has 19 heavy (non-hydrogen) atoms. The van der Waals surface area contributed by atoms with E-state index >= 15 is 0 Å². The second kappa shape index (κ2) is 7.10. The zero-order valence-electron chi connectivity index (χ0n) is 11.1. The summed E-state index contributed by atoms with van der Waals surface area (Å²) >= 11 is 5.88. The molecule has 0 unspecified atom stereocenters.